The highest BCUT2D eigenvalue weighted by Gasteiger charge is 2.32. The normalized spacial score (nSPS) is 16.3. The molecule has 0 saturated carbocycles. The van der Waals surface area contributed by atoms with E-state index in [-0.39, 0.29) is 16.8 Å². The van der Waals surface area contributed by atoms with E-state index in [0.717, 1.165) is 11.1 Å². The smallest absolute Gasteiger partial charge is 0.243 e. The Balaban J connectivity index is 1.42. The highest BCUT2D eigenvalue weighted by atomic mass is 35.5. The highest BCUT2D eigenvalue weighted by molar-refractivity contribution is 7.89. The molecule has 1 heterocycles. The highest BCUT2D eigenvalue weighted by Crippen LogP contribution is 2.24. The zero-order valence-corrected chi connectivity index (χ0v) is 20.5. The molecule has 1 fully saturated rings. The first kappa shape index (κ1) is 24.4. The van der Waals surface area contributed by atoms with Crippen molar-refractivity contribution in [2.75, 3.05) is 26.2 Å². The van der Waals surface area contributed by atoms with E-state index >= 15 is 0 Å². The van der Waals surface area contributed by atoms with E-state index in [1.54, 1.807) is 18.2 Å². The Morgan fingerprint density at radius 1 is 0.853 bits per heavy atom. The zero-order valence-electron chi connectivity index (χ0n) is 19.0. The van der Waals surface area contributed by atoms with Crippen LogP contribution in [0.2, 0.25) is 5.02 Å². The molecule has 0 spiro atoms. The van der Waals surface area contributed by atoms with Gasteiger partial charge < -0.3 is 5.32 Å². The Morgan fingerprint density at radius 2 is 1.41 bits per heavy atom. The number of sulfonamides is 1. The van der Waals surface area contributed by atoms with Gasteiger partial charge >= 0.3 is 0 Å². The molecule has 0 bridgehead atoms. The monoisotopic (exact) mass is 497 g/mol. The Kier molecular flexibility index (Phi) is 7.68. The number of carbonyl (C=O) groups is 1. The summed E-state index contributed by atoms with van der Waals surface area (Å²) in [5, 5.41) is 3.58. The van der Waals surface area contributed by atoms with Crippen molar-refractivity contribution in [3.8, 4) is 0 Å². The minimum Gasteiger partial charge on any atom is -0.344 e. The van der Waals surface area contributed by atoms with Gasteiger partial charge in [0.25, 0.3) is 0 Å². The number of carbonyl (C=O) groups excluding carboxylic acids is 1. The molecule has 1 N–H and O–H groups in total. The lowest BCUT2D eigenvalue weighted by atomic mass is 9.98. The third-order valence-electron chi connectivity index (χ3n) is 6.19. The van der Waals surface area contributed by atoms with Gasteiger partial charge in [0.2, 0.25) is 15.9 Å². The summed E-state index contributed by atoms with van der Waals surface area (Å²) in [6.45, 7) is 3.43. The molecule has 1 atom stereocenters. The second kappa shape index (κ2) is 10.7. The molecule has 1 saturated heterocycles. The van der Waals surface area contributed by atoms with E-state index in [4.69, 9.17) is 11.6 Å². The number of piperazine rings is 1. The first-order valence-electron chi connectivity index (χ1n) is 11.3. The van der Waals surface area contributed by atoms with Gasteiger partial charge in [-0.15, -0.1) is 0 Å². The average Bonchev–Trinajstić information content (AvgIpc) is 2.88. The second-order valence-electron chi connectivity index (χ2n) is 8.34. The van der Waals surface area contributed by atoms with Crippen LogP contribution in [-0.4, -0.2) is 55.8 Å². The quantitative estimate of drug-likeness (QED) is 0.536. The van der Waals surface area contributed by atoms with Crippen LogP contribution >= 0.6 is 11.6 Å². The standard InChI is InChI=1S/C26H28ClN3O3S/c1-20(26(31)28-25(21-9-4-2-5-10-21)22-11-6-3-7-12-22)29-15-17-30(18-16-29)34(32,33)24-14-8-13-23(27)19-24/h2-14,19-20,25H,15-18H2,1H3,(H,28,31)/t20-/m0/s1. The van der Waals surface area contributed by atoms with Crippen LogP contribution in [0, 0.1) is 0 Å². The van der Waals surface area contributed by atoms with E-state index in [1.165, 1.54) is 10.4 Å². The molecule has 1 aliphatic heterocycles. The van der Waals surface area contributed by atoms with E-state index < -0.39 is 16.1 Å². The van der Waals surface area contributed by atoms with E-state index in [9.17, 15) is 13.2 Å². The molecule has 8 heteroatoms. The number of rotatable bonds is 7. The lowest BCUT2D eigenvalue weighted by Crippen LogP contribution is -2.55. The van der Waals surface area contributed by atoms with Gasteiger partial charge in [0, 0.05) is 31.2 Å². The van der Waals surface area contributed by atoms with Gasteiger partial charge in [0.1, 0.15) is 0 Å². The second-order valence-corrected chi connectivity index (χ2v) is 10.7. The third kappa shape index (κ3) is 5.50. The molecule has 1 aliphatic rings. The molecule has 4 rings (SSSR count). The molecule has 0 radical (unpaired) electrons. The predicted octanol–water partition coefficient (Wildman–Crippen LogP) is 3.94. The summed E-state index contributed by atoms with van der Waals surface area (Å²) in [7, 11) is -3.62. The zero-order chi connectivity index (χ0) is 24.1. The number of benzene rings is 3. The minimum absolute atomic E-state index is 0.0937. The van der Waals surface area contributed by atoms with Crippen molar-refractivity contribution in [1.29, 1.82) is 0 Å². The van der Waals surface area contributed by atoms with Crippen molar-refractivity contribution in [3.63, 3.8) is 0 Å². The summed E-state index contributed by atoms with van der Waals surface area (Å²) < 4.78 is 27.4. The van der Waals surface area contributed by atoms with Gasteiger partial charge in [-0.1, -0.05) is 78.3 Å². The van der Waals surface area contributed by atoms with Crippen LogP contribution in [0.1, 0.15) is 24.1 Å². The van der Waals surface area contributed by atoms with Crippen LogP contribution in [0.5, 0.6) is 0 Å². The fourth-order valence-corrected chi connectivity index (χ4v) is 5.91. The SMILES string of the molecule is C[C@@H](C(=O)NC(c1ccccc1)c1ccccc1)N1CCN(S(=O)(=O)c2cccc(Cl)c2)CC1. The topological polar surface area (TPSA) is 69.7 Å². The lowest BCUT2D eigenvalue weighted by molar-refractivity contribution is -0.126. The van der Waals surface area contributed by atoms with Crippen molar-refractivity contribution in [2.45, 2.75) is 23.9 Å². The molecule has 0 unspecified atom stereocenters. The Bertz CT molecular complexity index is 1170. The molecule has 34 heavy (non-hydrogen) atoms. The van der Waals surface area contributed by atoms with Crippen molar-refractivity contribution in [2.24, 2.45) is 0 Å². The van der Waals surface area contributed by atoms with Crippen molar-refractivity contribution in [1.82, 2.24) is 14.5 Å². The molecular formula is C26H28ClN3O3S. The van der Waals surface area contributed by atoms with Crippen LogP contribution in [0.15, 0.2) is 89.8 Å². The molecule has 3 aromatic rings. The van der Waals surface area contributed by atoms with Crippen LogP contribution in [-0.2, 0) is 14.8 Å². The van der Waals surface area contributed by atoms with Crippen LogP contribution in [0.25, 0.3) is 0 Å². The summed E-state index contributed by atoms with van der Waals surface area (Å²) in [5.74, 6) is -0.0937. The number of amides is 1. The van der Waals surface area contributed by atoms with Gasteiger partial charge in [-0.05, 0) is 36.2 Å². The maximum absolute atomic E-state index is 13.2. The Hall–Kier alpha value is -2.71. The number of hydrogen-bond acceptors (Lipinski definition) is 4. The molecule has 3 aromatic carbocycles. The molecule has 0 aromatic heterocycles. The van der Waals surface area contributed by atoms with E-state index in [1.807, 2.05) is 72.5 Å². The molecule has 178 valence electrons. The summed E-state index contributed by atoms with van der Waals surface area (Å²) >= 11 is 5.98. The summed E-state index contributed by atoms with van der Waals surface area (Å²) in [4.78, 5) is 15.4. The number of nitrogens with zero attached hydrogens (tertiary/aromatic N) is 2. The van der Waals surface area contributed by atoms with Crippen molar-refractivity contribution < 1.29 is 13.2 Å². The fourth-order valence-electron chi connectivity index (χ4n) is 4.19. The van der Waals surface area contributed by atoms with Crippen LogP contribution in [0.4, 0.5) is 0 Å². The molecule has 0 aliphatic carbocycles. The summed E-state index contributed by atoms with van der Waals surface area (Å²) in [6, 6.07) is 25.4. The largest absolute Gasteiger partial charge is 0.344 e. The van der Waals surface area contributed by atoms with Crippen molar-refractivity contribution >= 4 is 27.5 Å². The number of hydrogen-bond donors (Lipinski definition) is 1. The maximum Gasteiger partial charge on any atom is 0.243 e. The first-order valence-corrected chi connectivity index (χ1v) is 13.1. The molecule has 6 nitrogen and oxygen atoms in total. The Morgan fingerprint density at radius 3 is 1.94 bits per heavy atom. The molecule has 1 amide bonds. The van der Waals surface area contributed by atoms with Crippen LogP contribution in [0.3, 0.4) is 0 Å². The lowest BCUT2D eigenvalue weighted by Gasteiger charge is -2.37. The average molecular weight is 498 g/mol. The maximum atomic E-state index is 13.2. The Labute approximate surface area is 206 Å². The van der Waals surface area contributed by atoms with Gasteiger partial charge in [-0.25, -0.2) is 8.42 Å². The fraction of sp³-hybridized carbons (Fsp3) is 0.269. The third-order valence-corrected chi connectivity index (χ3v) is 8.32. The van der Waals surface area contributed by atoms with Crippen molar-refractivity contribution in [3.05, 3.63) is 101 Å². The van der Waals surface area contributed by atoms with E-state index in [0.29, 0.717) is 31.2 Å². The minimum atomic E-state index is -3.62. The molecular weight excluding hydrogens is 470 g/mol. The van der Waals surface area contributed by atoms with Gasteiger partial charge in [0.05, 0.1) is 17.0 Å². The summed E-state index contributed by atoms with van der Waals surface area (Å²) in [5.41, 5.74) is 2.01. The summed E-state index contributed by atoms with van der Waals surface area (Å²) in [6.07, 6.45) is 0. The van der Waals surface area contributed by atoms with Crippen LogP contribution < -0.4 is 5.32 Å². The number of halogens is 1. The van der Waals surface area contributed by atoms with Gasteiger partial charge in [-0.2, -0.15) is 4.31 Å². The van der Waals surface area contributed by atoms with Gasteiger partial charge in [0.15, 0.2) is 0 Å². The van der Waals surface area contributed by atoms with E-state index in [2.05, 4.69) is 5.32 Å². The van der Waals surface area contributed by atoms with Gasteiger partial charge in [-0.3, -0.25) is 9.69 Å². The number of nitrogens with one attached hydrogen (secondary N) is 1. The predicted molar refractivity (Wildman–Crippen MR) is 134 cm³/mol. The first-order chi connectivity index (χ1) is 16.4.